The summed E-state index contributed by atoms with van der Waals surface area (Å²) in [5.41, 5.74) is 4.98. The largest absolute Gasteiger partial charge is 0.496 e. The van der Waals surface area contributed by atoms with Crippen molar-refractivity contribution < 1.29 is 14.3 Å². The number of carbonyl (C=O) groups is 2. The van der Waals surface area contributed by atoms with Gasteiger partial charge in [-0.25, -0.2) is 5.43 Å². The van der Waals surface area contributed by atoms with E-state index in [0.717, 1.165) is 5.56 Å². The van der Waals surface area contributed by atoms with Crippen LogP contribution in [0.2, 0.25) is 0 Å². The molecule has 0 fully saturated rings. The third-order valence-electron chi connectivity index (χ3n) is 3.96. The van der Waals surface area contributed by atoms with Crippen LogP contribution in [-0.2, 0) is 0 Å². The molecule has 0 spiro atoms. The highest BCUT2D eigenvalue weighted by molar-refractivity contribution is 7.12. The average Bonchev–Trinajstić information content (AvgIpc) is 3.27. The molecule has 2 aromatic carbocycles. The fourth-order valence-corrected chi connectivity index (χ4v) is 3.13. The zero-order valence-electron chi connectivity index (χ0n) is 15.4. The lowest BCUT2D eigenvalue weighted by atomic mass is 10.1. The van der Waals surface area contributed by atoms with Gasteiger partial charge in [0.2, 0.25) is 0 Å². The molecule has 0 unspecified atom stereocenters. The number of rotatable bonds is 6. The maximum atomic E-state index is 12.3. The second-order valence-corrected chi connectivity index (χ2v) is 6.80. The van der Waals surface area contributed by atoms with Crippen molar-refractivity contribution in [3.63, 3.8) is 0 Å². The lowest BCUT2D eigenvalue weighted by Crippen LogP contribution is -2.20. The zero-order valence-corrected chi connectivity index (χ0v) is 16.2. The summed E-state index contributed by atoms with van der Waals surface area (Å²) in [7, 11) is 1.51. The maximum Gasteiger partial charge on any atom is 0.275 e. The number of carbonyl (C=O) groups excluding carboxylic acids is 2. The van der Waals surface area contributed by atoms with Gasteiger partial charge in [0.15, 0.2) is 0 Å². The van der Waals surface area contributed by atoms with Crippen molar-refractivity contribution in [2.24, 2.45) is 5.10 Å². The molecule has 2 N–H and O–H groups in total. The summed E-state index contributed by atoms with van der Waals surface area (Å²) in [5, 5.41) is 8.88. The van der Waals surface area contributed by atoms with E-state index >= 15 is 0 Å². The first-order chi connectivity index (χ1) is 13.6. The number of nitrogens with one attached hydrogen (secondary N) is 2. The molecule has 0 aliphatic heterocycles. The molecule has 0 bridgehead atoms. The Morgan fingerprint density at radius 2 is 1.82 bits per heavy atom. The summed E-state index contributed by atoms with van der Waals surface area (Å²) in [6.45, 7) is 1.78. The number of nitrogens with zero attached hydrogens (tertiary/aromatic N) is 1. The number of para-hydroxylation sites is 1. The van der Waals surface area contributed by atoms with Crippen LogP contribution in [0.5, 0.6) is 5.75 Å². The van der Waals surface area contributed by atoms with Gasteiger partial charge in [-0.1, -0.05) is 30.3 Å². The molecule has 3 aromatic rings. The van der Waals surface area contributed by atoms with E-state index in [1.807, 2.05) is 23.6 Å². The van der Waals surface area contributed by atoms with Gasteiger partial charge in [0.05, 0.1) is 23.3 Å². The number of methoxy groups -OCH3 is 1. The van der Waals surface area contributed by atoms with Crippen LogP contribution in [0.1, 0.15) is 32.5 Å². The monoisotopic (exact) mass is 393 g/mol. The molecule has 7 heteroatoms. The Labute approximate surface area is 166 Å². The predicted octanol–water partition coefficient (Wildman–Crippen LogP) is 4.16. The van der Waals surface area contributed by atoms with Crippen molar-refractivity contribution in [2.75, 3.05) is 12.4 Å². The van der Waals surface area contributed by atoms with Crippen LogP contribution in [0.3, 0.4) is 0 Å². The first-order valence-electron chi connectivity index (χ1n) is 8.51. The van der Waals surface area contributed by atoms with E-state index in [1.165, 1.54) is 18.4 Å². The summed E-state index contributed by atoms with van der Waals surface area (Å²) in [5.74, 6) is -0.0451. The van der Waals surface area contributed by atoms with Gasteiger partial charge in [0.25, 0.3) is 11.8 Å². The van der Waals surface area contributed by atoms with E-state index in [4.69, 9.17) is 4.74 Å². The van der Waals surface area contributed by atoms with Gasteiger partial charge in [0, 0.05) is 5.69 Å². The Morgan fingerprint density at radius 1 is 1.00 bits per heavy atom. The van der Waals surface area contributed by atoms with E-state index in [2.05, 4.69) is 15.8 Å². The van der Waals surface area contributed by atoms with Crippen LogP contribution >= 0.6 is 11.3 Å². The van der Waals surface area contributed by atoms with Crippen molar-refractivity contribution in [1.29, 1.82) is 0 Å². The van der Waals surface area contributed by atoms with Crippen molar-refractivity contribution in [1.82, 2.24) is 5.43 Å². The number of amides is 2. The predicted molar refractivity (Wildman–Crippen MR) is 111 cm³/mol. The molecule has 1 aromatic heterocycles. The van der Waals surface area contributed by atoms with E-state index in [0.29, 0.717) is 27.6 Å². The summed E-state index contributed by atoms with van der Waals surface area (Å²) in [4.78, 5) is 25.2. The molecule has 1 heterocycles. The normalized spacial score (nSPS) is 11.0. The molecule has 2 amide bonds. The maximum absolute atomic E-state index is 12.3. The Kier molecular flexibility index (Phi) is 6.18. The number of hydrazone groups is 1. The zero-order chi connectivity index (χ0) is 19.9. The van der Waals surface area contributed by atoms with Gasteiger partial charge in [0.1, 0.15) is 5.75 Å². The molecule has 0 radical (unpaired) electrons. The fraction of sp³-hybridized carbons (Fsp3) is 0.0952. The summed E-state index contributed by atoms with van der Waals surface area (Å²) in [6.07, 6.45) is 0. The minimum absolute atomic E-state index is 0.161. The Bertz CT molecular complexity index is 1010. The van der Waals surface area contributed by atoms with Crippen molar-refractivity contribution >= 4 is 34.6 Å². The van der Waals surface area contributed by atoms with Crippen LogP contribution in [0.25, 0.3) is 0 Å². The van der Waals surface area contributed by atoms with Gasteiger partial charge in [-0.2, -0.15) is 5.10 Å². The SMILES string of the molecule is COc1ccccc1C(=O)N/N=C(\C)c1cccc(NC(=O)c2cccs2)c1. The number of thiophene rings is 1. The second kappa shape index (κ2) is 8.96. The van der Waals surface area contributed by atoms with E-state index < -0.39 is 0 Å². The molecule has 142 valence electrons. The molecule has 0 saturated heterocycles. The lowest BCUT2D eigenvalue weighted by molar-refractivity contribution is 0.0951. The molecular formula is C21H19N3O3S. The van der Waals surface area contributed by atoms with E-state index in [1.54, 1.807) is 49.4 Å². The highest BCUT2D eigenvalue weighted by Gasteiger charge is 2.11. The van der Waals surface area contributed by atoms with Crippen molar-refractivity contribution in [3.8, 4) is 5.75 Å². The topological polar surface area (TPSA) is 79.8 Å². The van der Waals surface area contributed by atoms with Gasteiger partial charge in [-0.3, -0.25) is 9.59 Å². The third-order valence-corrected chi connectivity index (χ3v) is 4.83. The third kappa shape index (κ3) is 4.63. The first-order valence-corrected chi connectivity index (χ1v) is 9.39. The molecule has 0 aliphatic carbocycles. The van der Waals surface area contributed by atoms with Gasteiger partial charge < -0.3 is 10.1 Å². The second-order valence-electron chi connectivity index (χ2n) is 5.85. The molecule has 0 atom stereocenters. The molecular weight excluding hydrogens is 374 g/mol. The van der Waals surface area contributed by atoms with Gasteiger partial charge in [-0.15, -0.1) is 11.3 Å². The van der Waals surface area contributed by atoms with Crippen LogP contribution in [0.4, 0.5) is 5.69 Å². The number of benzene rings is 2. The lowest BCUT2D eigenvalue weighted by Gasteiger charge is -2.08. The van der Waals surface area contributed by atoms with E-state index in [9.17, 15) is 9.59 Å². The molecule has 0 saturated carbocycles. The number of anilines is 1. The van der Waals surface area contributed by atoms with E-state index in [-0.39, 0.29) is 11.8 Å². The van der Waals surface area contributed by atoms with Crippen LogP contribution < -0.4 is 15.5 Å². The average molecular weight is 393 g/mol. The highest BCUT2D eigenvalue weighted by Crippen LogP contribution is 2.17. The smallest absolute Gasteiger partial charge is 0.275 e. The molecule has 0 aliphatic rings. The Hall–Kier alpha value is -3.45. The van der Waals surface area contributed by atoms with Crippen molar-refractivity contribution in [2.45, 2.75) is 6.92 Å². The number of hydrogen-bond acceptors (Lipinski definition) is 5. The summed E-state index contributed by atoms with van der Waals surface area (Å²) in [6, 6.07) is 17.8. The van der Waals surface area contributed by atoms with Gasteiger partial charge in [-0.05, 0) is 48.2 Å². The number of ether oxygens (including phenoxy) is 1. The first kappa shape index (κ1) is 19.3. The minimum atomic E-state index is -0.362. The highest BCUT2D eigenvalue weighted by atomic mass is 32.1. The Morgan fingerprint density at radius 3 is 2.57 bits per heavy atom. The standard InChI is InChI=1S/C21H19N3O3S/c1-14(23-24-20(25)17-9-3-4-10-18(17)27-2)15-7-5-8-16(13-15)22-21(26)19-11-6-12-28-19/h3-13H,1-2H3,(H,22,26)(H,24,25)/b23-14+. The molecule has 28 heavy (non-hydrogen) atoms. The molecule has 6 nitrogen and oxygen atoms in total. The summed E-state index contributed by atoms with van der Waals surface area (Å²) < 4.78 is 5.19. The van der Waals surface area contributed by atoms with Crippen molar-refractivity contribution in [3.05, 3.63) is 82.0 Å². The summed E-state index contributed by atoms with van der Waals surface area (Å²) >= 11 is 1.38. The molecule has 3 rings (SSSR count). The van der Waals surface area contributed by atoms with Crippen LogP contribution in [0, 0.1) is 0 Å². The quantitative estimate of drug-likeness (QED) is 0.487. The van der Waals surface area contributed by atoms with Gasteiger partial charge >= 0.3 is 0 Å². The Balaban J connectivity index is 1.70. The fourth-order valence-electron chi connectivity index (χ4n) is 2.51. The van der Waals surface area contributed by atoms with Crippen LogP contribution in [-0.4, -0.2) is 24.6 Å². The minimum Gasteiger partial charge on any atom is -0.496 e. The van der Waals surface area contributed by atoms with Crippen LogP contribution in [0.15, 0.2) is 71.1 Å². The number of hydrogen-bond donors (Lipinski definition) is 2.